The molecule has 0 aromatic heterocycles. The van der Waals surface area contributed by atoms with Crippen LogP contribution < -0.4 is 0 Å². The minimum atomic E-state index is -0.393. The minimum Gasteiger partial charge on any atom is -0.389 e. The molecule has 0 aliphatic rings. The molecule has 0 rings (SSSR count). The molecule has 0 saturated heterocycles. The van der Waals surface area contributed by atoms with Gasteiger partial charge in [-0.15, -0.1) is 0 Å². The highest BCUT2D eigenvalue weighted by Gasteiger charge is 1.97. The summed E-state index contributed by atoms with van der Waals surface area (Å²) in [7, 11) is 0. The molecule has 1 atom stereocenters. The average Bonchev–Trinajstić information content (AvgIpc) is 2.45. The number of hydrogen-bond acceptors (Lipinski definition) is 2. The van der Waals surface area contributed by atoms with Gasteiger partial charge in [-0.05, 0) is 32.1 Å². The Hall–Kier alpha value is -1.15. The molecule has 114 valence electrons. The maximum absolute atomic E-state index is 10.1. The van der Waals surface area contributed by atoms with Gasteiger partial charge < -0.3 is 9.90 Å². The van der Waals surface area contributed by atoms with Gasteiger partial charge in [-0.3, -0.25) is 0 Å². The lowest BCUT2D eigenvalue weighted by atomic mass is 10.1. The second-order valence-corrected chi connectivity index (χ2v) is 5.03. The molecule has 2 nitrogen and oxygen atoms in total. The van der Waals surface area contributed by atoms with Crippen LogP contribution in [-0.2, 0) is 4.79 Å². The molecular weight excluding hydrogens is 248 g/mol. The largest absolute Gasteiger partial charge is 0.389 e. The molecule has 0 bridgehead atoms. The Morgan fingerprint density at radius 1 is 0.950 bits per heavy atom. The zero-order valence-corrected chi connectivity index (χ0v) is 12.8. The van der Waals surface area contributed by atoms with Gasteiger partial charge in [-0.2, -0.15) is 0 Å². The van der Waals surface area contributed by atoms with Crippen LogP contribution in [0.2, 0.25) is 0 Å². The summed E-state index contributed by atoms with van der Waals surface area (Å²) in [5.74, 6) is 0. The van der Waals surface area contributed by atoms with Crippen molar-refractivity contribution in [3.05, 3.63) is 36.5 Å². The van der Waals surface area contributed by atoms with E-state index >= 15 is 0 Å². The van der Waals surface area contributed by atoms with E-state index in [-0.39, 0.29) is 0 Å². The molecule has 1 unspecified atom stereocenters. The molecule has 0 saturated carbocycles. The first kappa shape index (κ1) is 18.9. The van der Waals surface area contributed by atoms with Gasteiger partial charge in [0, 0.05) is 6.42 Å². The van der Waals surface area contributed by atoms with Crippen LogP contribution in [0.5, 0.6) is 0 Å². The van der Waals surface area contributed by atoms with Crippen molar-refractivity contribution < 1.29 is 9.90 Å². The molecule has 0 aromatic rings. The standard InChI is InChI=1S/C18H30O2/c1-2-3-4-5-6-7-8-9-10-12-15-18(20)16-13-11-14-17-19/h6-7,9-10,12,15,17-18,20H,2-5,8,11,13-14,16H2,1H3/b7-6-,10-9-,15-12-. The minimum absolute atomic E-state index is 0.393. The molecule has 0 aliphatic heterocycles. The maximum atomic E-state index is 10.1. The van der Waals surface area contributed by atoms with E-state index in [0.29, 0.717) is 6.42 Å². The number of hydrogen-bond donors (Lipinski definition) is 1. The number of aldehydes is 1. The van der Waals surface area contributed by atoms with Gasteiger partial charge in [-0.25, -0.2) is 0 Å². The molecule has 20 heavy (non-hydrogen) atoms. The number of carbonyl (C=O) groups is 1. The van der Waals surface area contributed by atoms with Gasteiger partial charge >= 0.3 is 0 Å². The fourth-order valence-corrected chi connectivity index (χ4v) is 1.83. The summed E-state index contributed by atoms with van der Waals surface area (Å²) >= 11 is 0. The van der Waals surface area contributed by atoms with E-state index in [0.717, 1.165) is 32.0 Å². The van der Waals surface area contributed by atoms with Crippen molar-refractivity contribution in [1.82, 2.24) is 0 Å². The SMILES string of the molecule is CCCCC/C=C\C/C=C\C=C/C(O)CCCCC=O. The smallest absolute Gasteiger partial charge is 0.119 e. The zero-order valence-electron chi connectivity index (χ0n) is 12.8. The lowest BCUT2D eigenvalue weighted by Crippen LogP contribution is -2.01. The zero-order chi connectivity index (χ0) is 14.9. The lowest BCUT2D eigenvalue weighted by Gasteiger charge is -2.02. The molecule has 0 amide bonds. The Balaban J connectivity index is 3.52. The average molecular weight is 278 g/mol. The van der Waals surface area contributed by atoms with Crippen LogP contribution in [0.4, 0.5) is 0 Å². The Morgan fingerprint density at radius 3 is 2.50 bits per heavy atom. The topological polar surface area (TPSA) is 37.3 Å². The fourth-order valence-electron chi connectivity index (χ4n) is 1.83. The summed E-state index contributed by atoms with van der Waals surface area (Å²) in [4.78, 5) is 10.1. The second kappa shape index (κ2) is 15.9. The fraction of sp³-hybridized carbons (Fsp3) is 0.611. The first-order valence-corrected chi connectivity index (χ1v) is 7.91. The van der Waals surface area contributed by atoms with Crippen molar-refractivity contribution in [1.29, 1.82) is 0 Å². The molecule has 1 N–H and O–H groups in total. The summed E-state index contributed by atoms with van der Waals surface area (Å²) < 4.78 is 0. The van der Waals surface area contributed by atoms with E-state index in [9.17, 15) is 9.90 Å². The highest BCUT2D eigenvalue weighted by atomic mass is 16.3. The quantitative estimate of drug-likeness (QED) is 0.228. The predicted octanol–water partition coefficient (Wildman–Crippen LogP) is 4.75. The van der Waals surface area contributed by atoms with E-state index in [4.69, 9.17) is 0 Å². The predicted molar refractivity (Wildman–Crippen MR) is 86.7 cm³/mol. The normalized spacial score (nSPS) is 13.7. The molecule has 2 heteroatoms. The summed E-state index contributed by atoms with van der Waals surface area (Å²) in [5, 5.41) is 9.65. The number of aliphatic hydroxyl groups is 1. The van der Waals surface area contributed by atoms with E-state index in [2.05, 4.69) is 25.2 Å². The molecular formula is C18H30O2. The van der Waals surface area contributed by atoms with Crippen molar-refractivity contribution in [2.24, 2.45) is 0 Å². The molecule has 0 heterocycles. The number of carbonyl (C=O) groups excluding carboxylic acids is 1. The van der Waals surface area contributed by atoms with Gasteiger partial charge in [0.05, 0.1) is 6.10 Å². The van der Waals surface area contributed by atoms with E-state index in [1.165, 1.54) is 25.7 Å². The number of aliphatic hydroxyl groups excluding tert-OH is 1. The summed E-state index contributed by atoms with van der Waals surface area (Å²) in [6, 6.07) is 0. The Kier molecular flexibility index (Phi) is 15.0. The molecule has 0 spiro atoms. The van der Waals surface area contributed by atoms with Crippen LogP contribution in [-0.4, -0.2) is 17.5 Å². The third kappa shape index (κ3) is 14.9. The Labute approximate surface area is 124 Å². The van der Waals surface area contributed by atoms with Crippen LogP contribution in [0, 0.1) is 0 Å². The maximum Gasteiger partial charge on any atom is 0.119 e. The number of allylic oxidation sites excluding steroid dienone is 5. The van der Waals surface area contributed by atoms with Crippen molar-refractivity contribution in [2.45, 2.75) is 70.8 Å². The molecule has 0 aliphatic carbocycles. The first-order chi connectivity index (χ1) is 9.81. The number of unbranched alkanes of at least 4 members (excludes halogenated alkanes) is 5. The van der Waals surface area contributed by atoms with E-state index in [1.807, 2.05) is 18.2 Å². The van der Waals surface area contributed by atoms with Crippen molar-refractivity contribution in [3.8, 4) is 0 Å². The highest BCUT2D eigenvalue weighted by molar-refractivity contribution is 5.48. The van der Waals surface area contributed by atoms with Crippen LogP contribution >= 0.6 is 0 Å². The molecule has 0 radical (unpaired) electrons. The van der Waals surface area contributed by atoms with Gasteiger partial charge in [-0.1, -0.05) is 62.6 Å². The van der Waals surface area contributed by atoms with E-state index in [1.54, 1.807) is 0 Å². The van der Waals surface area contributed by atoms with Gasteiger partial charge in [0.15, 0.2) is 0 Å². The Morgan fingerprint density at radius 2 is 1.75 bits per heavy atom. The summed E-state index contributed by atoms with van der Waals surface area (Å²) in [6.07, 6.45) is 21.8. The van der Waals surface area contributed by atoms with Gasteiger partial charge in [0.25, 0.3) is 0 Å². The highest BCUT2D eigenvalue weighted by Crippen LogP contribution is 2.04. The van der Waals surface area contributed by atoms with Crippen LogP contribution in [0.3, 0.4) is 0 Å². The molecule has 0 fully saturated rings. The molecule has 0 aromatic carbocycles. The first-order valence-electron chi connectivity index (χ1n) is 7.91. The van der Waals surface area contributed by atoms with Crippen LogP contribution in [0.25, 0.3) is 0 Å². The monoisotopic (exact) mass is 278 g/mol. The van der Waals surface area contributed by atoms with Crippen LogP contribution in [0.15, 0.2) is 36.5 Å². The third-order valence-electron chi connectivity index (χ3n) is 3.07. The Bertz CT molecular complexity index is 290. The van der Waals surface area contributed by atoms with E-state index < -0.39 is 6.10 Å². The summed E-state index contributed by atoms with van der Waals surface area (Å²) in [5.41, 5.74) is 0. The number of rotatable bonds is 13. The summed E-state index contributed by atoms with van der Waals surface area (Å²) in [6.45, 7) is 2.22. The third-order valence-corrected chi connectivity index (χ3v) is 3.07. The lowest BCUT2D eigenvalue weighted by molar-refractivity contribution is -0.107. The van der Waals surface area contributed by atoms with Gasteiger partial charge in [0.2, 0.25) is 0 Å². The van der Waals surface area contributed by atoms with Crippen LogP contribution in [0.1, 0.15) is 64.7 Å². The van der Waals surface area contributed by atoms with Crippen molar-refractivity contribution in [2.75, 3.05) is 0 Å². The van der Waals surface area contributed by atoms with Crippen molar-refractivity contribution >= 4 is 6.29 Å². The second-order valence-electron chi connectivity index (χ2n) is 5.03. The van der Waals surface area contributed by atoms with Crippen molar-refractivity contribution in [3.63, 3.8) is 0 Å². The van der Waals surface area contributed by atoms with Gasteiger partial charge in [0.1, 0.15) is 6.29 Å².